The summed E-state index contributed by atoms with van der Waals surface area (Å²) in [7, 11) is 0. The number of hydrogen-bond acceptors (Lipinski definition) is 3. The summed E-state index contributed by atoms with van der Waals surface area (Å²) in [6, 6.07) is 8.82. The van der Waals surface area contributed by atoms with Gasteiger partial charge in [0.15, 0.2) is 0 Å². The fraction of sp³-hybridized carbons (Fsp3) is 0.385. The minimum Gasteiger partial charge on any atom is -0.326 e. The lowest BCUT2D eigenvalue weighted by Crippen LogP contribution is -2.47. The molecule has 94 valence electrons. The highest BCUT2D eigenvalue weighted by atomic mass is 16.2. The summed E-state index contributed by atoms with van der Waals surface area (Å²) in [5, 5.41) is 11.6. The molecule has 1 saturated heterocycles. The summed E-state index contributed by atoms with van der Waals surface area (Å²) in [5.74, 6) is 0. The van der Waals surface area contributed by atoms with Gasteiger partial charge in [-0.05, 0) is 31.0 Å². The van der Waals surface area contributed by atoms with Crippen LogP contribution in [-0.2, 0) is 0 Å². The van der Waals surface area contributed by atoms with Crippen LogP contribution in [0.5, 0.6) is 0 Å². The molecule has 0 bridgehead atoms. The highest BCUT2D eigenvalue weighted by Gasteiger charge is 2.21. The summed E-state index contributed by atoms with van der Waals surface area (Å²) in [6.07, 6.45) is 1.90. The first kappa shape index (κ1) is 12.4. The van der Waals surface area contributed by atoms with Crippen LogP contribution in [0, 0.1) is 11.3 Å². The molecule has 0 spiro atoms. The Bertz CT molecular complexity index is 480. The minimum absolute atomic E-state index is 0.0648. The first-order valence-electron chi connectivity index (χ1n) is 6.00. The van der Waals surface area contributed by atoms with Crippen LogP contribution in [0.2, 0.25) is 0 Å². The normalized spacial score (nSPS) is 19.1. The molecule has 1 aromatic carbocycles. The molecular formula is C13H16N4O. The van der Waals surface area contributed by atoms with Gasteiger partial charge in [0, 0.05) is 24.8 Å². The van der Waals surface area contributed by atoms with Crippen molar-refractivity contribution in [1.29, 1.82) is 5.26 Å². The summed E-state index contributed by atoms with van der Waals surface area (Å²) in [5.41, 5.74) is 7.01. The number of rotatable bonds is 1. The van der Waals surface area contributed by atoms with Crippen LogP contribution >= 0.6 is 0 Å². The zero-order chi connectivity index (χ0) is 13.0. The Hall–Kier alpha value is -2.06. The quantitative estimate of drug-likeness (QED) is 0.785. The highest BCUT2D eigenvalue weighted by molar-refractivity contribution is 5.89. The maximum absolute atomic E-state index is 12.0. The molecule has 0 saturated carbocycles. The number of anilines is 1. The first-order chi connectivity index (χ1) is 8.69. The van der Waals surface area contributed by atoms with Crippen LogP contribution in [0.4, 0.5) is 10.5 Å². The number of piperidine rings is 1. The second-order valence-corrected chi connectivity index (χ2v) is 4.47. The van der Waals surface area contributed by atoms with Crippen molar-refractivity contribution in [2.75, 3.05) is 18.4 Å². The molecule has 5 heteroatoms. The van der Waals surface area contributed by atoms with Gasteiger partial charge < -0.3 is 16.0 Å². The van der Waals surface area contributed by atoms with Gasteiger partial charge >= 0.3 is 6.03 Å². The van der Waals surface area contributed by atoms with Crippen molar-refractivity contribution in [3.63, 3.8) is 0 Å². The maximum atomic E-state index is 12.0. The van der Waals surface area contributed by atoms with Gasteiger partial charge in [-0.15, -0.1) is 0 Å². The van der Waals surface area contributed by atoms with E-state index in [0.29, 0.717) is 17.8 Å². The van der Waals surface area contributed by atoms with Crippen molar-refractivity contribution in [3.8, 4) is 6.07 Å². The molecular weight excluding hydrogens is 228 g/mol. The molecule has 1 heterocycles. The number of nitrogens with zero attached hydrogens (tertiary/aromatic N) is 2. The Morgan fingerprint density at radius 3 is 3.11 bits per heavy atom. The molecule has 1 aliphatic heterocycles. The molecule has 18 heavy (non-hydrogen) atoms. The SMILES string of the molecule is N#Cc1cccc(NC(=O)N2CCCC(N)C2)c1. The van der Waals surface area contributed by atoms with E-state index in [4.69, 9.17) is 11.0 Å². The average molecular weight is 244 g/mol. The van der Waals surface area contributed by atoms with Gasteiger partial charge in [0.25, 0.3) is 0 Å². The number of nitrogens with one attached hydrogen (secondary N) is 1. The fourth-order valence-corrected chi connectivity index (χ4v) is 2.06. The Morgan fingerprint density at radius 2 is 2.39 bits per heavy atom. The molecule has 1 unspecified atom stereocenters. The van der Waals surface area contributed by atoms with Gasteiger partial charge in [-0.25, -0.2) is 4.79 Å². The van der Waals surface area contributed by atoms with E-state index in [1.54, 1.807) is 29.2 Å². The van der Waals surface area contributed by atoms with Gasteiger partial charge in [-0.1, -0.05) is 6.07 Å². The molecule has 2 amide bonds. The van der Waals surface area contributed by atoms with Crippen LogP contribution in [0.1, 0.15) is 18.4 Å². The van der Waals surface area contributed by atoms with E-state index in [-0.39, 0.29) is 12.1 Å². The van der Waals surface area contributed by atoms with Crippen molar-refractivity contribution in [3.05, 3.63) is 29.8 Å². The molecule has 0 aromatic heterocycles. The van der Waals surface area contributed by atoms with E-state index < -0.39 is 0 Å². The Morgan fingerprint density at radius 1 is 1.56 bits per heavy atom. The zero-order valence-corrected chi connectivity index (χ0v) is 10.1. The van der Waals surface area contributed by atoms with Gasteiger partial charge in [0.2, 0.25) is 0 Å². The van der Waals surface area contributed by atoms with Crippen molar-refractivity contribution in [2.24, 2.45) is 5.73 Å². The van der Waals surface area contributed by atoms with Gasteiger partial charge in [-0.2, -0.15) is 5.26 Å². The molecule has 5 nitrogen and oxygen atoms in total. The van der Waals surface area contributed by atoms with Crippen LogP contribution in [0.15, 0.2) is 24.3 Å². The minimum atomic E-state index is -0.153. The first-order valence-corrected chi connectivity index (χ1v) is 6.00. The summed E-state index contributed by atoms with van der Waals surface area (Å²) < 4.78 is 0. The molecule has 1 aromatic rings. The summed E-state index contributed by atoms with van der Waals surface area (Å²) in [4.78, 5) is 13.7. The lowest BCUT2D eigenvalue weighted by Gasteiger charge is -2.30. The van der Waals surface area contributed by atoms with Gasteiger partial charge in [-0.3, -0.25) is 0 Å². The number of benzene rings is 1. The molecule has 1 aliphatic rings. The number of amides is 2. The van der Waals surface area contributed by atoms with E-state index >= 15 is 0 Å². The third-order valence-corrected chi connectivity index (χ3v) is 2.99. The standard InChI is InChI=1S/C13H16N4O/c14-8-10-3-1-5-12(7-10)16-13(18)17-6-2-4-11(15)9-17/h1,3,5,7,11H,2,4,6,9,15H2,(H,16,18). The molecule has 1 fully saturated rings. The number of hydrogen-bond donors (Lipinski definition) is 2. The second kappa shape index (κ2) is 5.52. The number of carbonyl (C=O) groups is 1. The Kier molecular flexibility index (Phi) is 3.80. The Labute approximate surface area is 106 Å². The third-order valence-electron chi connectivity index (χ3n) is 2.99. The lowest BCUT2D eigenvalue weighted by atomic mass is 10.1. The molecule has 0 aliphatic carbocycles. The summed E-state index contributed by atoms with van der Waals surface area (Å²) in [6.45, 7) is 1.32. The summed E-state index contributed by atoms with van der Waals surface area (Å²) >= 11 is 0. The average Bonchev–Trinajstić information content (AvgIpc) is 2.39. The molecule has 3 N–H and O–H groups in total. The smallest absolute Gasteiger partial charge is 0.321 e. The van der Waals surface area contributed by atoms with Gasteiger partial charge in [0.05, 0.1) is 11.6 Å². The third kappa shape index (κ3) is 2.99. The van der Waals surface area contributed by atoms with E-state index in [2.05, 4.69) is 5.32 Å². The topological polar surface area (TPSA) is 82.2 Å². The van der Waals surface area contributed by atoms with Crippen molar-refractivity contribution in [1.82, 2.24) is 4.90 Å². The predicted octanol–water partition coefficient (Wildman–Crippen LogP) is 1.51. The number of carbonyl (C=O) groups excluding carboxylic acids is 1. The van der Waals surface area contributed by atoms with E-state index in [1.165, 1.54) is 0 Å². The van der Waals surface area contributed by atoms with Crippen molar-refractivity contribution in [2.45, 2.75) is 18.9 Å². The number of nitriles is 1. The lowest BCUT2D eigenvalue weighted by molar-refractivity contribution is 0.193. The van der Waals surface area contributed by atoms with Crippen LogP contribution in [0.25, 0.3) is 0 Å². The Balaban J connectivity index is 2.00. The number of nitrogens with two attached hydrogens (primary N) is 1. The van der Waals surface area contributed by atoms with E-state index in [9.17, 15) is 4.79 Å². The predicted molar refractivity (Wildman–Crippen MR) is 69.0 cm³/mol. The van der Waals surface area contributed by atoms with Gasteiger partial charge in [0.1, 0.15) is 0 Å². The second-order valence-electron chi connectivity index (χ2n) is 4.47. The molecule has 0 radical (unpaired) electrons. The van der Waals surface area contributed by atoms with E-state index in [0.717, 1.165) is 19.4 Å². The van der Waals surface area contributed by atoms with Crippen LogP contribution in [-0.4, -0.2) is 30.1 Å². The molecule has 2 rings (SSSR count). The zero-order valence-electron chi connectivity index (χ0n) is 10.1. The monoisotopic (exact) mass is 244 g/mol. The fourth-order valence-electron chi connectivity index (χ4n) is 2.06. The maximum Gasteiger partial charge on any atom is 0.321 e. The number of likely N-dealkylation sites (tertiary alicyclic amines) is 1. The van der Waals surface area contributed by atoms with Crippen molar-refractivity contribution < 1.29 is 4.79 Å². The highest BCUT2D eigenvalue weighted by Crippen LogP contribution is 2.13. The van der Waals surface area contributed by atoms with Crippen LogP contribution < -0.4 is 11.1 Å². The van der Waals surface area contributed by atoms with Crippen molar-refractivity contribution >= 4 is 11.7 Å². The number of urea groups is 1. The molecule has 1 atom stereocenters. The van der Waals surface area contributed by atoms with E-state index in [1.807, 2.05) is 6.07 Å². The largest absolute Gasteiger partial charge is 0.326 e. The van der Waals surface area contributed by atoms with Crippen LogP contribution in [0.3, 0.4) is 0 Å².